The second kappa shape index (κ2) is 5.90. The van der Waals surface area contributed by atoms with Gasteiger partial charge in [-0.1, -0.05) is 29.9 Å². The second-order valence-corrected chi connectivity index (χ2v) is 6.00. The summed E-state index contributed by atoms with van der Waals surface area (Å²) in [6.45, 7) is 5.44. The van der Waals surface area contributed by atoms with Crippen LogP contribution in [-0.2, 0) is 0 Å². The van der Waals surface area contributed by atoms with Crippen LogP contribution in [0.2, 0.25) is 0 Å². The number of rotatable bonds is 5. The van der Waals surface area contributed by atoms with Crippen molar-refractivity contribution in [1.82, 2.24) is 14.6 Å². The first kappa shape index (κ1) is 14.7. The van der Waals surface area contributed by atoms with Crippen LogP contribution in [-0.4, -0.2) is 32.1 Å². The molecule has 7 nitrogen and oxygen atoms in total. The van der Waals surface area contributed by atoms with Crippen LogP contribution < -0.4 is 4.90 Å². The van der Waals surface area contributed by atoms with Crippen LogP contribution in [0.5, 0.6) is 0 Å². The molecule has 2 aromatic heterocycles. The van der Waals surface area contributed by atoms with Crippen LogP contribution in [0.15, 0.2) is 18.3 Å². The van der Waals surface area contributed by atoms with E-state index in [-0.39, 0.29) is 5.82 Å². The van der Waals surface area contributed by atoms with E-state index in [2.05, 4.69) is 28.8 Å². The zero-order valence-electron chi connectivity index (χ0n) is 13.0. The zero-order valence-corrected chi connectivity index (χ0v) is 13.0. The van der Waals surface area contributed by atoms with Gasteiger partial charge in [-0.25, -0.2) is 4.98 Å². The second-order valence-electron chi connectivity index (χ2n) is 6.00. The maximum Gasteiger partial charge on any atom is 0.368 e. The molecule has 118 valence electrons. The van der Waals surface area contributed by atoms with E-state index in [1.807, 2.05) is 6.07 Å². The van der Waals surface area contributed by atoms with Crippen LogP contribution in [0.3, 0.4) is 0 Å². The van der Waals surface area contributed by atoms with Crippen molar-refractivity contribution in [3.05, 3.63) is 28.4 Å². The van der Waals surface area contributed by atoms with Crippen molar-refractivity contribution in [3.63, 3.8) is 0 Å². The predicted molar refractivity (Wildman–Crippen MR) is 84.1 cm³/mol. The number of hydrogen-bond acceptors (Lipinski definition) is 5. The van der Waals surface area contributed by atoms with Crippen LogP contribution in [0.1, 0.15) is 39.5 Å². The largest absolute Gasteiger partial charge is 0.368 e. The fourth-order valence-electron chi connectivity index (χ4n) is 3.45. The van der Waals surface area contributed by atoms with Gasteiger partial charge in [0.05, 0.1) is 0 Å². The summed E-state index contributed by atoms with van der Waals surface area (Å²) >= 11 is 0. The van der Waals surface area contributed by atoms with Gasteiger partial charge >= 0.3 is 5.82 Å². The maximum atomic E-state index is 11.1. The molecule has 0 spiro atoms. The van der Waals surface area contributed by atoms with Crippen molar-refractivity contribution in [2.75, 3.05) is 11.4 Å². The molecule has 0 bridgehead atoms. The van der Waals surface area contributed by atoms with Crippen molar-refractivity contribution in [3.8, 4) is 0 Å². The third-order valence-electron chi connectivity index (χ3n) is 4.51. The van der Waals surface area contributed by atoms with Crippen molar-refractivity contribution in [1.29, 1.82) is 0 Å². The summed E-state index contributed by atoms with van der Waals surface area (Å²) in [5, 5.41) is 15.5. The molecule has 0 amide bonds. The highest BCUT2D eigenvalue weighted by Crippen LogP contribution is 2.30. The van der Waals surface area contributed by atoms with Crippen LogP contribution >= 0.6 is 0 Å². The smallest absolute Gasteiger partial charge is 0.358 e. The van der Waals surface area contributed by atoms with E-state index in [9.17, 15) is 10.1 Å². The lowest BCUT2D eigenvalue weighted by molar-refractivity contribution is -0.391. The maximum absolute atomic E-state index is 11.1. The molecule has 2 aromatic rings. The first-order valence-corrected chi connectivity index (χ1v) is 7.87. The summed E-state index contributed by atoms with van der Waals surface area (Å²) in [4.78, 5) is 16.9. The van der Waals surface area contributed by atoms with Gasteiger partial charge in [-0.05, 0) is 36.2 Å². The van der Waals surface area contributed by atoms with E-state index in [0.717, 1.165) is 25.2 Å². The average molecular weight is 303 g/mol. The standard InChI is InChI=1S/C15H21N5O2/c1-3-5-11(2)12-6-4-9-18(12)14-8-7-13-16-10-15(20(21)22)19(13)17-14/h7-8,10-12H,3-6,9H2,1-2H3. The quantitative estimate of drug-likeness (QED) is 0.626. The number of fused-ring (bicyclic) bond motifs is 1. The Bertz CT molecular complexity index is 684. The third-order valence-corrected chi connectivity index (χ3v) is 4.51. The highest BCUT2D eigenvalue weighted by atomic mass is 16.6. The average Bonchev–Trinajstić information content (AvgIpc) is 3.13. The van der Waals surface area contributed by atoms with Crippen LogP contribution in [0.25, 0.3) is 5.65 Å². The van der Waals surface area contributed by atoms with Gasteiger partial charge in [0, 0.05) is 18.7 Å². The number of imidazole rings is 1. The minimum absolute atomic E-state index is 0.0887. The van der Waals surface area contributed by atoms with Gasteiger partial charge in [-0.15, -0.1) is 0 Å². The molecule has 0 N–H and O–H groups in total. The Morgan fingerprint density at radius 1 is 1.50 bits per heavy atom. The van der Waals surface area contributed by atoms with E-state index in [0.29, 0.717) is 17.6 Å². The van der Waals surface area contributed by atoms with E-state index in [1.165, 1.54) is 23.6 Å². The molecular formula is C15H21N5O2. The van der Waals surface area contributed by atoms with Gasteiger partial charge in [0.15, 0.2) is 5.82 Å². The number of nitrogens with zero attached hydrogens (tertiary/aromatic N) is 5. The molecule has 1 aliphatic rings. The summed E-state index contributed by atoms with van der Waals surface area (Å²) in [5.74, 6) is 1.32. The highest BCUT2D eigenvalue weighted by molar-refractivity contribution is 5.50. The van der Waals surface area contributed by atoms with Gasteiger partial charge < -0.3 is 15.0 Å². The fourth-order valence-corrected chi connectivity index (χ4v) is 3.45. The fraction of sp³-hybridized carbons (Fsp3) is 0.600. The molecule has 1 saturated heterocycles. The first-order valence-electron chi connectivity index (χ1n) is 7.87. The third kappa shape index (κ3) is 2.51. The minimum atomic E-state index is -0.446. The molecular weight excluding hydrogens is 282 g/mol. The molecule has 1 fully saturated rings. The number of aromatic nitrogens is 3. The molecule has 1 aliphatic heterocycles. The lowest BCUT2D eigenvalue weighted by atomic mass is 9.95. The van der Waals surface area contributed by atoms with E-state index in [1.54, 1.807) is 6.07 Å². The molecule has 2 atom stereocenters. The first-order chi connectivity index (χ1) is 10.6. The normalized spacial score (nSPS) is 19.7. The summed E-state index contributed by atoms with van der Waals surface area (Å²) in [6.07, 6.45) is 5.92. The molecule has 3 rings (SSSR count). The molecule has 0 aliphatic carbocycles. The lowest BCUT2D eigenvalue weighted by Gasteiger charge is -2.29. The van der Waals surface area contributed by atoms with Crippen molar-refractivity contribution >= 4 is 17.3 Å². The number of nitro groups is 1. The van der Waals surface area contributed by atoms with Gasteiger partial charge in [-0.3, -0.25) is 0 Å². The molecule has 0 aromatic carbocycles. The highest BCUT2D eigenvalue weighted by Gasteiger charge is 2.31. The van der Waals surface area contributed by atoms with Crippen molar-refractivity contribution in [2.45, 2.75) is 45.6 Å². The van der Waals surface area contributed by atoms with E-state index in [4.69, 9.17) is 0 Å². The Kier molecular flexibility index (Phi) is 3.96. The van der Waals surface area contributed by atoms with E-state index >= 15 is 0 Å². The Morgan fingerprint density at radius 2 is 2.32 bits per heavy atom. The number of hydrogen-bond donors (Lipinski definition) is 0. The topological polar surface area (TPSA) is 76.6 Å². The SMILES string of the molecule is CCCC(C)C1CCCN1c1ccc2ncc([N+](=O)[O-])n2n1. The van der Waals surface area contributed by atoms with Crippen molar-refractivity contribution in [2.24, 2.45) is 5.92 Å². The molecule has 0 saturated carbocycles. The summed E-state index contributed by atoms with van der Waals surface area (Å²) in [6, 6.07) is 4.19. The Balaban J connectivity index is 1.95. The molecule has 3 heterocycles. The predicted octanol–water partition coefficient (Wildman–Crippen LogP) is 3.04. The van der Waals surface area contributed by atoms with Crippen LogP contribution in [0, 0.1) is 16.0 Å². The summed E-state index contributed by atoms with van der Waals surface area (Å²) < 4.78 is 1.33. The lowest BCUT2D eigenvalue weighted by Crippen LogP contribution is -2.35. The molecule has 22 heavy (non-hydrogen) atoms. The zero-order chi connectivity index (χ0) is 15.7. The molecule has 7 heteroatoms. The number of anilines is 1. The molecule has 2 unspecified atom stereocenters. The minimum Gasteiger partial charge on any atom is -0.358 e. The van der Waals surface area contributed by atoms with Crippen LogP contribution in [0.4, 0.5) is 11.6 Å². The summed E-state index contributed by atoms with van der Waals surface area (Å²) in [5.41, 5.74) is 0.507. The monoisotopic (exact) mass is 303 g/mol. The van der Waals surface area contributed by atoms with Gasteiger partial charge in [0.25, 0.3) is 0 Å². The van der Waals surface area contributed by atoms with Gasteiger partial charge in [0.1, 0.15) is 6.20 Å². The summed E-state index contributed by atoms with van der Waals surface area (Å²) in [7, 11) is 0. The Hall–Kier alpha value is -2.18. The Labute approximate surface area is 129 Å². The van der Waals surface area contributed by atoms with E-state index < -0.39 is 4.92 Å². The van der Waals surface area contributed by atoms with Gasteiger partial charge in [0.2, 0.25) is 5.65 Å². The van der Waals surface area contributed by atoms with Gasteiger partial charge in [-0.2, -0.15) is 0 Å². The van der Waals surface area contributed by atoms with Crippen molar-refractivity contribution < 1.29 is 4.92 Å². The Morgan fingerprint density at radius 3 is 3.05 bits per heavy atom. The molecule has 0 radical (unpaired) electrons.